The fraction of sp³-hybridized carbons (Fsp3) is 0.429. The van der Waals surface area contributed by atoms with Crippen LogP contribution in [-0.2, 0) is 11.2 Å². The van der Waals surface area contributed by atoms with Crippen molar-refractivity contribution in [3.8, 4) is 0 Å². The van der Waals surface area contributed by atoms with Gasteiger partial charge in [0.1, 0.15) is 12.2 Å². The quantitative estimate of drug-likeness (QED) is 0.850. The Morgan fingerprint density at radius 3 is 2.69 bits per heavy atom. The fourth-order valence-corrected chi connectivity index (χ4v) is 4.09. The van der Waals surface area contributed by atoms with E-state index in [9.17, 15) is 9.59 Å². The summed E-state index contributed by atoms with van der Waals surface area (Å²) in [6.45, 7) is 4.64. The van der Waals surface area contributed by atoms with Gasteiger partial charge in [0.15, 0.2) is 0 Å². The molecule has 1 aliphatic heterocycles. The summed E-state index contributed by atoms with van der Waals surface area (Å²) in [7, 11) is 0. The van der Waals surface area contributed by atoms with Crippen molar-refractivity contribution >= 4 is 11.9 Å². The highest BCUT2D eigenvalue weighted by Gasteiger charge is 2.37. The van der Waals surface area contributed by atoms with Crippen molar-refractivity contribution in [2.24, 2.45) is 0 Å². The van der Waals surface area contributed by atoms with Crippen molar-refractivity contribution in [2.75, 3.05) is 6.54 Å². The maximum Gasteiger partial charge on any atom is 0.311 e. The zero-order valence-corrected chi connectivity index (χ0v) is 15.3. The van der Waals surface area contributed by atoms with Crippen molar-refractivity contribution < 1.29 is 19.1 Å². The van der Waals surface area contributed by atoms with Gasteiger partial charge in [0.25, 0.3) is 5.91 Å². The van der Waals surface area contributed by atoms with Gasteiger partial charge in [-0.05, 0) is 31.7 Å². The first-order valence-electron chi connectivity index (χ1n) is 9.17. The average molecular weight is 355 g/mol. The lowest BCUT2D eigenvalue weighted by atomic mass is 9.87. The molecule has 1 fully saturated rings. The Balaban J connectivity index is 1.90. The molecule has 2 aromatic rings. The van der Waals surface area contributed by atoms with E-state index < -0.39 is 5.97 Å². The molecule has 0 saturated carbocycles. The Hall–Kier alpha value is -2.56. The number of likely N-dealkylation sites (tertiary alicyclic amines) is 1. The normalized spacial score (nSPS) is 18.1. The summed E-state index contributed by atoms with van der Waals surface area (Å²) in [5.74, 6) is -0.581. The number of aliphatic carboxylic acids is 1. The predicted octanol–water partition coefficient (Wildman–Crippen LogP) is 4.01. The van der Waals surface area contributed by atoms with Crippen LogP contribution in [0.15, 0.2) is 41.0 Å². The number of hydrogen-bond donors (Lipinski definition) is 1. The van der Waals surface area contributed by atoms with Crippen LogP contribution in [-0.4, -0.2) is 34.5 Å². The van der Waals surface area contributed by atoms with Gasteiger partial charge in [-0.3, -0.25) is 9.59 Å². The summed E-state index contributed by atoms with van der Waals surface area (Å²) in [6, 6.07) is 10.4. The largest absolute Gasteiger partial charge is 0.481 e. The number of carbonyl (C=O) groups excluding carboxylic acids is 1. The van der Waals surface area contributed by atoms with Crippen LogP contribution in [0.2, 0.25) is 0 Å². The van der Waals surface area contributed by atoms with Gasteiger partial charge in [-0.2, -0.15) is 0 Å². The number of carbonyl (C=O) groups is 2. The van der Waals surface area contributed by atoms with E-state index in [0.29, 0.717) is 17.7 Å². The van der Waals surface area contributed by atoms with Crippen LogP contribution in [0.25, 0.3) is 0 Å². The van der Waals surface area contributed by atoms with Crippen molar-refractivity contribution in [2.45, 2.75) is 51.5 Å². The summed E-state index contributed by atoms with van der Waals surface area (Å²) in [5.41, 5.74) is 2.36. The standard InChI is InChI=1S/C21H25NO4/c1-3-16(15-8-5-4-6-9-15)17-10-7-11-22(17)21(25)20-14(2)13-26-18(20)12-19(23)24/h4-6,8-9,13,16-17H,3,7,10-12H2,1-2H3,(H,23,24). The minimum Gasteiger partial charge on any atom is -0.481 e. The molecule has 0 aliphatic carbocycles. The highest BCUT2D eigenvalue weighted by atomic mass is 16.4. The zero-order chi connectivity index (χ0) is 18.7. The van der Waals surface area contributed by atoms with Crippen LogP contribution < -0.4 is 0 Å². The number of amides is 1. The monoisotopic (exact) mass is 355 g/mol. The van der Waals surface area contributed by atoms with Crippen molar-refractivity contribution in [3.05, 3.63) is 59.0 Å². The van der Waals surface area contributed by atoms with Crippen molar-refractivity contribution in [1.29, 1.82) is 0 Å². The Bertz CT molecular complexity index is 781. The molecule has 0 radical (unpaired) electrons. The molecule has 1 aromatic heterocycles. The second-order valence-corrected chi connectivity index (χ2v) is 6.92. The third-order valence-corrected chi connectivity index (χ3v) is 5.27. The summed E-state index contributed by atoms with van der Waals surface area (Å²) >= 11 is 0. The minimum absolute atomic E-state index is 0.107. The molecule has 0 spiro atoms. The van der Waals surface area contributed by atoms with Crippen molar-refractivity contribution in [3.63, 3.8) is 0 Å². The topological polar surface area (TPSA) is 70.8 Å². The highest BCUT2D eigenvalue weighted by Crippen LogP contribution is 2.35. The van der Waals surface area contributed by atoms with Gasteiger partial charge in [-0.15, -0.1) is 0 Å². The minimum atomic E-state index is -0.998. The molecule has 1 amide bonds. The van der Waals surface area contributed by atoms with Crippen molar-refractivity contribution in [1.82, 2.24) is 4.90 Å². The molecule has 1 N–H and O–H groups in total. The summed E-state index contributed by atoms with van der Waals surface area (Å²) < 4.78 is 5.37. The van der Waals surface area contributed by atoms with E-state index in [4.69, 9.17) is 9.52 Å². The van der Waals surface area contributed by atoms with Crippen LogP contribution in [0, 0.1) is 6.92 Å². The maximum absolute atomic E-state index is 13.3. The van der Waals surface area contributed by atoms with E-state index in [1.165, 1.54) is 11.8 Å². The van der Waals surface area contributed by atoms with Gasteiger partial charge in [0.05, 0.1) is 11.8 Å². The first-order valence-corrected chi connectivity index (χ1v) is 9.17. The first kappa shape index (κ1) is 18.2. The summed E-state index contributed by atoms with van der Waals surface area (Å²) in [4.78, 5) is 26.3. The number of carboxylic acids is 1. The van der Waals surface area contributed by atoms with E-state index in [1.807, 2.05) is 23.1 Å². The Morgan fingerprint density at radius 2 is 2.04 bits per heavy atom. The Labute approximate surface area is 153 Å². The third kappa shape index (κ3) is 3.52. The highest BCUT2D eigenvalue weighted by molar-refractivity contribution is 5.97. The smallest absolute Gasteiger partial charge is 0.311 e. The Morgan fingerprint density at radius 1 is 1.31 bits per heavy atom. The molecular weight excluding hydrogens is 330 g/mol. The number of aryl methyl sites for hydroxylation is 1. The van der Waals surface area contributed by atoms with Crippen LogP contribution in [0.1, 0.15) is 59.3 Å². The molecule has 2 unspecified atom stereocenters. The van der Waals surface area contributed by atoms with Crippen LogP contribution in [0.3, 0.4) is 0 Å². The third-order valence-electron chi connectivity index (χ3n) is 5.27. The van der Waals surface area contributed by atoms with Crippen LogP contribution in [0.4, 0.5) is 0 Å². The lowest BCUT2D eigenvalue weighted by Gasteiger charge is -2.32. The van der Waals surface area contributed by atoms with Gasteiger partial charge >= 0.3 is 5.97 Å². The van der Waals surface area contributed by atoms with Gasteiger partial charge in [-0.25, -0.2) is 0 Å². The van der Waals surface area contributed by atoms with E-state index in [-0.39, 0.29) is 30.0 Å². The number of furan rings is 1. The molecule has 2 heterocycles. The Kier molecular flexibility index (Phi) is 5.45. The van der Waals surface area contributed by atoms with Crippen LogP contribution in [0.5, 0.6) is 0 Å². The number of rotatable bonds is 6. The molecule has 2 atom stereocenters. The van der Waals surface area contributed by atoms with Gasteiger partial charge in [-0.1, -0.05) is 37.3 Å². The SMILES string of the molecule is CCC(c1ccccc1)C1CCCN1C(=O)c1c(C)coc1CC(=O)O. The maximum atomic E-state index is 13.3. The first-order chi connectivity index (χ1) is 12.5. The van der Waals surface area contributed by atoms with E-state index in [0.717, 1.165) is 19.3 Å². The number of benzene rings is 1. The van der Waals surface area contributed by atoms with E-state index in [2.05, 4.69) is 19.1 Å². The molecule has 138 valence electrons. The van der Waals surface area contributed by atoms with E-state index >= 15 is 0 Å². The number of hydrogen-bond acceptors (Lipinski definition) is 3. The zero-order valence-electron chi connectivity index (χ0n) is 15.3. The molecule has 5 nitrogen and oxygen atoms in total. The molecule has 1 saturated heterocycles. The number of carboxylic acid groups (broad SMARTS) is 1. The van der Waals surface area contributed by atoms with E-state index in [1.54, 1.807) is 6.92 Å². The lowest BCUT2D eigenvalue weighted by Crippen LogP contribution is -2.39. The molecular formula is C21H25NO4. The predicted molar refractivity (Wildman–Crippen MR) is 98.3 cm³/mol. The fourth-order valence-electron chi connectivity index (χ4n) is 4.09. The average Bonchev–Trinajstić information content (AvgIpc) is 3.23. The molecule has 0 bridgehead atoms. The number of nitrogens with zero attached hydrogens (tertiary/aromatic N) is 1. The summed E-state index contributed by atoms with van der Waals surface area (Å²) in [6.07, 6.45) is 4.08. The molecule has 3 rings (SSSR count). The lowest BCUT2D eigenvalue weighted by molar-refractivity contribution is -0.136. The van der Waals surface area contributed by atoms with Gasteiger partial charge in [0.2, 0.25) is 0 Å². The van der Waals surface area contributed by atoms with Gasteiger partial charge < -0.3 is 14.4 Å². The summed E-state index contributed by atoms with van der Waals surface area (Å²) in [5, 5.41) is 9.09. The van der Waals surface area contributed by atoms with Gasteiger partial charge in [0, 0.05) is 24.1 Å². The second kappa shape index (κ2) is 7.77. The molecule has 1 aromatic carbocycles. The molecule has 5 heteroatoms. The molecule has 1 aliphatic rings. The van der Waals surface area contributed by atoms with Crippen LogP contribution >= 0.6 is 0 Å². The molecule has 26 heavy (non-hydrogen) atoms. The second-order valence-electron chi connectivity index (χ2n) is 6.92.